The summed E-state index contributed by atoms with van der Waals surface area (Å²) in [4.78, 5) is 0. The third-order valence-corrected chi connectivity index (χ3v) is 2.00. The molecule has 1 aromatic rings. The van der Waals surface area contributed by atoms with Crippen LogP contribution in [0, 0.1) is 0 Å². The second-order valence-corrected chi connectivity index (χ2v) is 3.10. The maximum absolute atomic E-state index is 9.71. The van der Waals surface area contributed by atoms with Gasteiger partial charge in [-0.05, 0) is 24.1 Å². The number of oxime groups is 2. The van der Waals surface area contributed by atoms with E-state index >= 15 is 0 Å². The molecular formula is C11H12N2O3. The number of allylic oxidation sites excluding steroid dienone is 1. The standard InChI is InChI=1S/C11H12N2O3/c1-2-3-8-4-9(6-12-15)11(14)10(5-8)7-13-16/h2,4-7,14-16H,1,3H2/b12-6-,13-7-. The van der Waals surface area contributed by atoms with Crippen LogP contribution in [0.2, 0.25) is 0 Å². The van der Waals surface area contributed by atoms with Crippen molar-refractivity contribution in [2.45, 2.75) is 6.42 Å². The molecule has 0 aliphatic heterocycles. The average Bonchev–Trinajstić information content (AvgIpc) is 2.26. The van der Waals surface area contributed by atoms with Crippen molar-refractivity contribution >= 4 is 12.4 Å². The fraction of sp³-hybridized carbons (Fsp3) is 0.0909. The number of phenols is 1. The summed E-state index contributed by atoms with van der Waals surface area (Å²) < 4.78 is 0. The molecule has 0 amide bonds. The van der Waals surface area contributed by atoms with Crippen LogP contribution >= 0.6 is 0 Å². The molecule has 0 saturated heterocycles. The van der Waals surface area contributed by atoms with E-state index in [-0.39, 0.29) is 5.75 Å². The number of benzene rings is 1. The minimum Gasteiger partial charge on any atom is -0.507 e. The van der Waals surface area contributed by atoms with Gasteiger partial charge in [0.15, 0.2) is 0 Å². The fourth-order valence-electron chi connectivity index (χ4n) is 1.35. The molecule has 0 aliphatic rings. The van der Waals surface area contributed by atoms with Gasteiger partial charge in [-0.3, -0.25) is 0 Å². The maximum Gasteiger partial charge on any atom is 0.133 e. The van der Waals surface area contributed by atoms with Crippen LogP contribution in [0.5, 0.6) is 5.75 Å². The molecule has 16 heavy (non-hydrogen) atoms. The number of hydrogen-bond donors (Lipinski definition) is 3. The predicted molar refractivity (Wildman–Crippen MR) is 60.8 cm³/mol. The Hall–Kier alpha value is -2.30. The van der Waals surface area contributed by atoms with Crippen molar-refractivity contribution in [1.29, 1.82) is 0 Å². The topological polar surface area (TPSA) is 85.4 Å². The van der Waals surface area contributed by atoms with Gasteiger partial charge in [-0.25, -0.2) is 0 Å². The second-order valence-electron chi connectivity index (χ2n) is 3.10. The first-order valence-corrected chi connectivity index (χ1v) is 4.54. The Morgan fingerprint density at radius 3 is 2.00 bits per heavy atom. The summed E-state index contributed by atoms with van der Waals surface area (Å²) in [6.07, 6.45) is 4.51. The van der Waals surface area contributed by atoms with Crippen molar-refractivity contribution < 1.29 is 15.5 Å². The van der Waals surface area contributed by atoms with Crippen molar-refractivity contribution in [1.82, 2.24) is 0 Å². The minimum atomic E-state index is -0.108. The van der Waals surface area contributed by atoms with Crippen LogP contribution in [0.1, 0.15) is 16.7 Å². The Morgan fingerprint density at radius 1 is 1.12 bits per heavy atom. The average molecular weight is 220 g/mol. The largest absolute Gasteiger partial charge is 0.507 e. The van der Waals surface area contributed by atoms with Gasteiger partial charge >= 0.3 is 0 Å². The molecule has 5 heteroatoms. The van der Waals surface area contributed by atoms with E-state index < -0.39 is 0 Å². The van der Waals surface area contributed by atoms with Gasteiger partial charge in [-0.1, -0.05) is 16.4 Å². The molecule has 0 unspecified atom stereocenters. The lowest BCUT2D eigenvalue weighted by Gasteiger charge is -2.05. The summed E-state index contributed by atoms with van der Waals surface area (Å²) in [5, 5.41) is 32.3. The molecule has 0 saturated carbocycles. The lowest BCUT2D eigenvalue weighted by molar-refractivity contribution is 0.321. The van der Waals surface area contributed by atoms with E-state index in [9.17, 15) is 5.11 Å². The van der Waals surface area contributed by atoms with Crippen molar-refractivity contribution in [3.8, 4) is 5.75 Å². The summed E-state index contributed by atoms with van der Waals surface area (Å²) in [5.74, 6) is -0.108. The first-order valence-electron chi connectivity index (χ1n) is 4.54. The third kappa shape index (κ3) is 2.60. The summed E-state index contributed by atoms with van der Waals surface area (Å²) in [7, 11) is 0. The molecule has 0 atom stereocenters. The van der Waals surface area contributed by atoms with Crippen LogP contribution in [0.25, 0.3) is 0 Å². The Balaban J connectivity index is 3.31. The summed E-state index contributed by atoms with van der Waals surface area (Å²) in [5.41, 5.74) is 1.55. The highest BCUT2D eigenvalue weighted by atomic mass is 16.4. The third-order valence-electron chi connectivity index (χ3n) is 2.00. The van der Waals surface area contributed by atoms with Gasteiger partial charge in [-0.2, -0.15) is 0 Å². The fourth-order valence-corrected chi connectivity index (χ4v) is 1.35. The van der Waals surface area contributed by atoms with Gasteiger partial charge < -0.3 is 15.5 Å². The molecule has 0 heterocycles. The van der Waals surface area contributed by atoms with Gasteiger partial charge in [0.05, 0.1) is 12.4 Å². The molecule has 5 nitrogen and oxygen atoms in total. The van der Waals surface area contributed by atoms with Gasteiger partial charge in [0.25, 0.3) is 0 Å². The van der Waals surface area contributed by atoms with E-state index in [4.69, 9.17) is 10.4 Å². The number of nitrogens with zero attached hydrogens (tertiary/aromatic N) is 2. The van der Waals surface area contributed by atoms with Gasteiger partial charge in [0, 0.05) is 11.1 Å². The molecule has 3 N–H and O–H groups in total. The van der Waals surface area contributed by atoms with Crippen LogP contribution in [-0.2, 0) is 6.42 Å². The lowest BCUT2D eigenvalue weighted by Crippen LogP contribution is -1.94. The summed E-state index contributed by atoms with van der Waals surface area (Å²) in [6, 6.07) is 3.32. The Bertz CT molecular complexity index is 406. The molecule has 1 aromatic carbocycles. The quantitative estimate of drug-likeness (QED) is 0.312. The van der Waals surface area contributed by atoms with Crippen molar-refractivity contribution in [2.75, 3.05) is 0 Å². The van der Waals surface area contributed by atoms with Crippen LogP contribution < -0.4 is 0 Å². The van der Waals surface area contributed by atoms with E-state index in [0.717, 1.165) is 18.0 Å². The molecule has 0 bridgehead atoms. The number of aromatic hydroxyl groups is 1. The molecule has 84 valence electrons. The van der Waals surface area contributed by atoms with Crippen molar-refractivity contribution in [2.24, 2.45) is 10.3 Å². The summed E-state index contributed by atoms with van der Waals surface area (Å²) in [6.45, 7) is 3.60. The monoisotopic (exact) mass is 220 g/mol. The first kappa shape index (κ1) is 11.8. The second kappa shape index (κ2) is 5.55. The van der Waals surface area contributed by atoms with Crippen molar-refractivity contribution in [3.05, 3.63) is 41.5 Å². The molecule has 1 rings (SSSR count). The highest BCUT2D eigenvalue weighted by molar-refractivity contribution is 5.91. The van der Waals surface area contributed by atoms with Crippen LogP contribution in [0.15, 0.2) is 35.1 Å². The van der Waals surface area contributed by atoms with Crippen molar-refractivity contribution in [3.63, 3.8) is 0 Å². The zero-order valence-electron chi connectivity index (χ0n) is 8.54. The molecule has 0 fully saturated rings. The molecule has 0 aromatic heterocycles. The number of hydrogen-bond acceptors (Lipinski definition) is 5. The lowest BCUT2D eigenvalue weighted by atomic mass is 10.0. The SMILES string of the molecule is C=CCc1cc(/C=N\O)c(O)c(/C=N\O)c1. The number of rotatable bonds is 4. The highest BCUT2D eigenvalue weighted by Crippen LogP contribution is 2.22. The smallest absolute Gasteiger partial charge is 0.133 e. The Labute approximate surface area is 92.6 Å². The molecular weight excluding hydrogens is 208 g/mol. The van der Waals surface area contributed by atoms with E-state index in [1.165, 1.54) is 0 Å². The van der Waals surface area contributed by atoms with E-state index in [2.05, 4.69) is 16.9 Å². The maximum atomic E-state index is 9.71. The molecule has 0 spiro atoms. The normalized spacial score (nSPS) is 11.2. The van der Waals surface area contributed by atoms with E-state index in [1.54, 1.807) is 18.2 Å². The Kier molecular flexibility index (Phi) is 4.08. The van der Waals surface area contributed by atoms with E-state index in [0.29, 0.717) is 17.5 Å². The Morgan fingerprint density at radius 2 is 1.62 bits per heavy atom. The van der Waals surface area contributed by atoms with Crippen LogP contribution in [0.4, 0.5) is 0 Å². The van der Waals surface area contributed by atoms with Gasteiger partial charge in [-0.15, -0.1) is 6.58 Å². The molecule has 0 radical (unpaired) electrons. The molecule has 0 aliphatic carbocycles. The highest BCUT2D eigenvalue weighted by Gasteiger charge is 2.07. The minimum absolute atomic E-state index is 0.108. The number of phenolic OH excluding ortho intramolecular Hbond substituents is 1. The zero-order chi connectivity index (χ0) is 12.0. The van der Waals surface area contributed by atoms with Gasteiger partial charge in [0.1, 0.15) is 5.75 Å². The zero-order valence-corrected chi connectivity index (χ0v) is 8.54. The van der Waals surface area contributed by atoms with Crippen LogP contribution in [-0.4, -0.2) is 28.0 Å². The van der Waals surface area contributed by atoms with E-state index in [1.807, 2.05) is 0 Å². The summed E-state index contributed by atoms with van der Waals surface area (Å²) >= 11 is 0. The first-order chi connectivity index (χ1) is 7.72. The van der Waals surface area contributed by atoms with Crippen LogP contribution in [0.3, 0.4) is 0 Å². The van der Waals surface area contributed by atoms with Gasteiger partial charge in [0.2, 0.25) is 0 Å². The predicted octanol–water partition coefficient (Wildman–Crippen LogP) is 1.74.